The van der Waals surface area contributed by atoms with Gasteiger partial charge in [0.25, 0.3) is 0 Å². The van der Waals surface area contributed by atoms with Crippen LogP contribution in [0.2, 0.25) is 0 Å². The molecule has 0 aromatic heterocycles. The van der Waals surface area contributed by atoms with Crippen LogP contribution in [0.15, 0.2) is 0 Å². The second-order valence-corrected chi connectivity index (χ2v) is 3.91. The van der Waals surface area contributed by atoms with E-state index in [9.17, 15) is 9.59 Å². The molecule has 0 heterocycles. The van der Waals surface area contributed by atoms with Crippen molar-refractivity contribution in [3.63, 3.8) is 0 Å². The topological polar surface area (TPSA) is 34.1 Å². The monoisotopic (exact) mass is 182 g/mol. The fraction of sp³-hybridized carbons (Fsp3) is 0.818. The summed E-state index contributed by atoms with van der Waals surface area (Å²) in [6.07, 6.45) is 6.18. The molecule has 1 rings (SSSR count). The summed E-state index contributed by atoms with van der Waals surface area (Å²) in [5.74, 6) is 0.522. The lowest BCUT2D eigenvalue weighted by atomic mass is 9.84. The molecule has 1 atom stereocenters. The van der Waals surface area contributed by atoms with Gasteiger partial charge in [-0.3, -0.25) is 9.59 Å². The Kier molecular flexibility index (Phi) is 4.13. The first-order chi connectivity index (χ1) is 6.24. The normalized spacial score (nSPS) is 23.6. The lowest BCUT2D eigenvalue weighted by Crippen LogP contribution is -2.24. The number of ketones is 2. The van der Waals surface area contributed by atoms with Gasteiger partial charge in [-0.05, 0) is 12.8 Å². The summed E-state index contributed by atoms with van der Waals surface area (Å²) in [4.78, 5) is 22.3. The lowest BCUT2D eigenvalue weighted by Gasteiger charge is -2.19. The third kappa shape index (κ3) is 3.29. The first kappa shape index (κ1) is 10.4. The number of Topliss-reactive ketones (excluding diaryl/α,β-unsaturated/α-hetero) is 2. The maximum Gasteiger partial charge on any atom is 0.143 e. The van der Waals surface area contributed by atoms with Crippen LogP contribution in [0.4, 0.5) is 0 Å². The average molecular weight is 182 g/mol. The summed E-state index contributed by atoms with van der Waals surface area (Å²) < 4.78 is 0. The van der Waals surface area contributed by atoms with Crippen molar-refractivity contribution >= 4 is 11.6 Å². The Morgan fingerprint density at radius 2 is 2.08 bits per heavy atom. The fourth-order valence-corrected chi connectivity index (χ4v) is 1.87. The highest BCUT2D eigenvalue weighted by Gasteiger charge is 2.25. The third-order valence-electron chi connectivity index (χ3n) is 2.75. The quantitative estimate of drug-likeness (QED) is 0.494. The van der Waals surface area contributed by atoms with Crippen molar-refractivity contribution in [2.75, 3.05) is 0 Å². The zero-order chi connectivity index (χ0) is 9.68. The number of hydrogen-bond acceptors (Lipinski definition) is 2. The largest absolute Gasteiger partial charge is 0.299 e. The van der Waals surface area contributed by atoms with Crippen LogP contribution < -0.4 is 0 Å². The van der Waals surface area contributed by atoms with Crippen LogP contribution in [0.5, 0.6) is 0 Å². The fourth-order valence-electron chi connectivity index (χ4n) is 1.87. The van der Waals surface area contributed by atoms with Gasteiger partial charge in [-0.25, -0.2) is 0 Å². The average Bonchev–Trinajstić information content (AvgIpc) is 2.09. The molecule has 2 heteroatoms. The van der Waals surface area contributed by atoms with Crippen molar-refractivity contribution in [3.05, 3.63) is 0 Å². The molecule has 0 aromatic rings. The van der Waals surface area contributed by atoms with Gasteiger partial charge in [0, 0.05) is 12.3 Å². The Labute approximate surface area is 79.7 Å². The highest BCUT2D eigenvalue weighted by Crippen LogP contribution is 2.23. The molecule has 1 fully saturated rings. The van der Waals surface area contributed by atoms with Crippen molar-refractivity contribution in [3.8, 4) is 0 Å². The minimum atomic E-state index is 0.136. The van der Waals surface area contributed by atoms with Gasteiger partial charge in [0.1, 0.15) is 11.6 Å². The third-order valence-corrected chi connectivity index (χ3v) is 2.75. The van der Waals surface area contributed by atoms with Crippen LogP contribution in [0.25, 0.3) is 0 Å². The molecular weight excluding hydrogens is 164 g/mol. The zero-order valence-corrected chi connectivity index (χ0v) is 8.34. The summed E-state index contributed by atoms with van der Waals surface area (Å²) >= 11 is 0. The van der Waals surface area contributed by atoms with E-state index < -0.39 is 0 Å². The summed E-state index contributed by atoms with van der Waals surface area (Å²) in [5.41, 5.74) is 0. The molecule has 0 aliphatic heterocycles. The van der Waals surface area contributed by atoms with Crippen LogP contribution >= 0.6 is 0 Å². The second kappa shape index (κ2) is 5.15. The molecule has 0 aromatic carbocycles. The first-order valence-electron chi connectivity index (χ1n) is 5.28. The van der Waals surface area contributed by atoms with E-state index in [1.807, 2.05) is 0 Å². The molecule has 0 bridgehead atoms. The van der Waals surface area contributed by atoms with Gasteiger partial charge in [0.05, 0.1) is 6.42 Å². The minimum absolute atomic E-state index is 0.136. The maximum atomic E-state index is 11.4. The molecule has 0 saturated heterocycles. The van der Waals surface area contributed by atoms with E-state index in [0.29, 0.717) is 6.42 Å². The molecule has 2 nitrogen and oxygen atoms in total. The van der Waals surface area contributed by atoms with E-state index in [1.165, 1.54) is 12.8 Å². The van der Waals surface area contributed by atoms with E-state index in [4.69, 9.17) is 0 Å². The van der Waals surface area contributed by atoms with Crippen molar-refractivity contribution in [1.82, 2.24) is 0 Å². The smallest absolute Gasteiger partial charge is 0.143 e. The van der Waals surface area contributed by atoms with E-state index in [0.717, 1.165) is 19.3 Å². The Morgan fingerprint density at radius 1 is 1.31 bits per heavy atom. The molecule has 1 aliphatic carbocycles. The van der Waals surface area contributed by atoms with Crippen LogP contribution in [-0.2, 0) is 9.59 Å². The van der Waals surface area contributed by atoms with Gasteiger partial charge < -0.3 is 0 Å². The summed E-state index contributed by atoms with van der Waals surface area (Å²) in [6.45, 7) is 2.16. The lowest BCUT2D eigenvalue weighted by molar-refractivity contribution is -0.132. The highest BCUT2D eigenvalue weighted by molar-refractivity contribution is 6.02. The Morgan fingerprint density at radius 3 is 2.69 bits per heavy atom. The molecule has 0 N–H and O–H groups in total. The molecule has 0 spiro atoms. The van der Waals surface area contributed by atoms with Gasteiger partial charge in [0.2, 0.25) is 0 Å². The van der Waals surface area contributed by atoms with Gasteiger partial charge in [-0.2, -0.15) is 0 Å². The molecule has 1 unspecified atom stereocenters. The van der Waals surface area contributed by atoms with Crippen LogP contribution in [0.3, 0.4) is 0 Å². The summed E-state index contributed by atoms with van der Waals surface area (Å²) in [7, 11) is 0. The predicted molar refractivity (Wildman–Crippen MR) is 51.5 cm³/mol. The molecule has 74 valence electrons. The second-order valence-electron chi connectivity index (χ2n) is 3.91. The SMILES string of the molecule is CCCCCC1CCC(=O)CC1=O. The van der Waals surface area contributed by atoms with Crippen molar-refractivity contribution < 1.29 is 9.59 Å². The number of carbonyl (C=O) groups is 2. The Balaban J connectivity index is 2.26. The van der Waals surface area contributed by atoms with Gasteiger partial charge in [-0.15, -0.1) is 0 Å². The van der Waals surface area contributed by atoms with Crippen molar-refractivity contribution in [2.45, 2.75) is 51.9 Å². The number of unbranched alkanes of at least 4 members (excludes halogenated alkanes) is 2. The summed E-state index contributed by atoms with van der Waals surface area (Å²) in [6, 6.07) is 0. The Bertz CT molecular complexity index is 196. The molecule has 0 radical (unpaired) electrons. The number of rotatable bonds is 4. The van der Waals surface area contributed by atoms with Crippen LogP contribution in [0.1, 0.15) is 51.9 Å². The van der Waals surface area contributed by atoms with Gasteiger partial charge >= 0.3 is 0 Å². The molecule has 13 heavy (non-hydrogen) atoms. The van der Waals surface area contributed by atoms with Crippen LogP contribution in [0, 0.1) is 5.92 Å². The first-order valence-corrected chi connectivity index (χ1v) is 5.28. The van der Waals surface area contributed by atoms with E-state index in [2.05, 4.69) is 6.92 Å². The number of hydrogen-bond donors (Lipinski definition) is 0. The van der Waals surface area contributed by atoms with Crippen LogP contribution in [-0.4, -0.2) is 11.6 Å². The molecule has 1 aliphatic rings. The highest BCUT2D eigenvalue weighted by atomic mass is 16.1. The summed E-state index contributed by atoms with van der Waals surface area (Å²) in [5, 5.41) is 0. The standard InChI is InChI=1S/C11H18O2/c1-2-3-4-5-9-6-7-10(12)8-11(9)13/h9H,2-8H2,1H3. The number of carbonyl (C=O) groups excluding carboxylic acids is 2. The zero-order valence-electron chi connectivity index (χ0n) is 8.34. The Hall–Kier alpha value is -0.660. The molecular formula is C11H18O2. The van der Waals surface area contributed by atoms with Gasteiger partial charge in [-0.1, -0.05) is 26.2 Å². The minimum Gasteiger partial charge on any atom is -0.299 e. The molecule has 1 saturated carbocycles. The van der Waals surface area contributed by atoms with E-state index >= 15 is 0 Å². The van der Waals surface area contributed by atoms with E-state index in [-0.39, 0.29) is 23.9 Å². The van der Waals surface area contributed by atoms with Crippen molar-refractivity contribution in [2.24, 2.45) is 5.92 Å². The van der Waals surface area contributed by atoms with Crippen molar-refractivity contribution in [1.29, 1.82) is 0 Å². The van der Waals surface area contributed by atoms with Gasteiger partial charge in [0.15, 0.2) is 0 Å². The maximum absolute atomic E-state index is 11.4. The molecule has 0 amide bonds. The van der Waals surface area contributed by atoms with E-state index in [1.54, 1.807) is 0 Å². The predicted octanol–water partition coefficient (Wildman–Crippen LogP) is 2.51.